The van der Waals surface area contributed by atoms with Crippen molar-refractivity contribution in [1.29, 1.82) is 0 Å². The number of para-hydroxylation sites is 4. The van der Waals surface area contributed by atoms with Crippen LogP contribution in [-0.4, -0.2) is 24.2 Å². The Labute approximate surface area is 139 Å². The van der Waals surface area contributed by atoms with Gasteiger partial charge >= 0.3 is 0 Å². The van der Waals surface area contributed by atoms with Crippen molar-refractivity contribution in [2.75, 3.05) is 0 Å². The van der Waals surface area contributed by atoms with E-state index in [0.717, 1.165) is 22.1 Å². The summed E-state index contributed by atoms with van der Waals surface area (Å²) < 4.78 is 3.77. The van der Waals surface area contributed by atoms with Gasteiger partial charge in [-0.2, -0.15) is 0 Å². The van der Waals surface area contributed by atoms with Crippen LogP contribution in [0.5, 0.6) is 0 Å². The molecule has 0 saturated carbocycles. The highest BCUT2D eigenvalue weighted by atomic mass is 16.3. The van der Waals surface area contributed by atoms with E-state index in [4.69, 9.17) is 0 Å². The van der Waals surface area contributed by atoms with E-state index in [9.17, 15) is 5.11 Å². The van der Waals surface area contributed by atoms with Crippen LogP contribution >= 0.6 is 0 Å². The molecular formula is C19H18N4O. The minimum absolute atomic E-state index is 0.497. The van der Waals surface area contributed by atoms with Crippen LogP contribution in [0.15, 0.2) is 61.2 Å². The van der Waals surface area contributed by atoms with Gasteiger partial charge in [-0.3, -0.25) is 0 Å². The molecule has 0 amide bonds. The van der Waals surface area contributed by atoms with Gasteiger partial charge in [-0.1, -0.05) is 30.8 Å². The van der Waals surface area contributed by atoms with Gasteiger partial charge in [0.2, 0.25) is 0 Å². The van der Waals surface area contributed by atoms with Crippen molar-refractivity contribution >= 4 is 22.1 Å². The Morgan fingerprint density at radius 3 is 1.67 bits per heavy atom. The summed E-state index contributed by atoms with van der Waals surface area (Å²) in [6.45, 7) is 3.85. The van der Waals surface area contributed by atoms with Crippen LogP contribution in [0.2, 0.25) is 0 Å². The molecule has 24 heavy (non-hydrogen) atoms. The van der Waals surface area contributed by atoms with E-state index in [0.29, 0.717) is 11.6 Å². The number of hydrogen-bond acceptors (Lipinski definition) is 3. The number of aryl methyl sites for hydroxylation is 2. The zero-order valence-electron chi connectivity index (χ0n) is 13.6. The zero-order valence-corrected chi connectivity index (χ0v) is 13.6. The minimum atomic E-state index is -1.48. The molecule has 2 aromatic carbocycles. The molecule has 0 atom stereocenters. The monoisotopic (exact) mass is 318 g/mol. The summed E-state index contributed by atoms with van der Waals surface area (Å²) in [7, 11) is 3.78. The van der Waals surface area contributed by atoms with Gasteiger partial charge in [0.25, 0.3) is 0 Å². The Kier molecular flexibility index (Phi) is 3.08. The number of benzene rings is 2. The van der Waals surface area contributed by atoms with Crippen molar-refractivity contribution in [3.63, 3.8) is 0 Å². The van der Waals surface area contributed by atoms with Crippen LogP contribution in [-0.2, 0) is 19.7 Å². The van der Waals surface area contributed by atoms with Crippen molar-refractivity contribution in [1.82, 2.24) is 19.1 Å². The third kappa shape index (κ3) is 1.85. The first kappa shape index (κ1) is 14.7. The molecule has 120 valence electrons. The van der Waals surface area contributed by atoms with Gasteiger partial charge in [-0.15, -0.1) is 0 Å². The molecule has 0 aliphatic carbocycles. The zero-order chi connectivity index (χ0) is 16.9. The summed E-state index contributed by atoms with van der Waals surface area (Å²) in [6.07, 6.45) is 1.50. The molecule has 0 bridgehead atoms. The molecular weight excluding hydrogens is 300 g/mol. The molecule has 5 heteroatoms. The summed E-state index contributed by atoms with van der Waals surface area (Å²) in [5.74, 6) is 0.995. The molecule has 5 nitrogen and oxygen atoms in total. The number of nitrogens with zero attached hydrogens (tertiary/aromatic N) is 4. The predicted molar refractivity (Wildman–Crippen MR) is 94.6 cm³/mol. The summed E-state index contributed by atoms with van der Waals surface area (Å²) in [5.41, 5.74) is 2.07. The second-order valence-corrected chi connectivity index (χ2v) is 5.94. The van der Waals surface area contributed by atoms with Crippen LogP contribution in [0.3, 0.4) is 0 Å². The van der Waals surface area contributed by atoms with Crippen LogP contribution < -0.4 is 0 Å². The standard InChI is InChI=1S/C19H18N4O/c1-4-19(24,17-20-13-9-5-7-11-15(13)22(17)2)18-21-14-10-6-8-12-16(14)23(18)3/h4-12,24H,1H2,2-3H3. The van der Waals surface area contributed by atoms with Crippen molar-refractivity contribution in [3.8, 4) is 0 Å². The topological polar surface area (TPSA) is 55.9 Å². The average molecular weight is 318 g/mol. The fraction of sp³-hybridized carbons (Fsp3) is 0.158. The highest BCUT2D eigenvalue weighted by molar-refractivity contribution is 5.78. The Balaban J connectivity index is 2.02. The van der Waals surface area contributed by atoms with Crippen LogP contribution in [0, 0.1) is 0 Å². The van der Waals surface area contributed by atoms with Gasteiger partial charge in [0.05, 0.1) is 22.1 Å². The lowest BCUT2D eigenvalue weighted by Crippen LogP contribution is -2.31. The van der Waals surface area contributed by atoms with Crippen molar-refractivity contribution in [2.45, 2.75) is 5.60 Å². The van der Waals surface area contributed by atoms with Gasteiger partial charge in [-0.05, 0) is 30.3 Å². The third-order valence-electron chi connectivity index (χ3n) is 4.55. The van der Waals surface area contributed by atoms with Gasteiger partial charge < -0.3 is 14.2 Å². The highest BCUT2D eigenvalue weighted by Crippen LogP contribution is 2.33. The lowest BCUT2D eigenvalue weighted by Gasteiger charge is -2.23. The van der Waals surface area contributed by atoms with E-state index >= 15 is 0 Å². The number of hydrogen-bond donors (Lipinski definition) is 1. The highest BCUT2D eigenvalue weighted by Gasteiger charge is 2.37. The van der Waals surface area contributed by atoms with E-state index < -0.39 is 5.60 Å². The average Bonchev–Trinajstić information content (AvgIpc) is 3.14. The normalized spacial score (nSPS) is 12.1. The first-order valence-corrected chi connectivity index (χ1v) is 7.76. The van der Waals surface area contributed by atoms with Gasteiger partial charge in [-0.25, -0.2) is 9.97 Å². The maximum Gasteiger partial charge on any atom is 0.199 e. The minimum Gasteiger partial charge on any atom is -0.371 e. The summed E-state index contributed by atoms with van der Waals surface area (Å²) in [6, 6.07) is 15.6. The number of aliphatic hydroxyl groups is 1. The van der Waals surface area contributed by atoms with Gasteiger partial charge in [0.1, 0.15) is 0 Å². The predicted octanol–water partition coefficient (Wildman–Crippen LogP) is 2.88. The number of imidazole rings is 2. The van der Waals surface area contributed by atoms with Crippen molar-refractivity contribution in [2.24, 2.45) is 14.1 Å². The Morgan fingerprint density at radius 2 is 1.29 bits per heavy atom. The first-order chi connectivity index (χ1) is 11.6. The lowest BCUT2D eigenvalue weighted by molar-refractivity contribution is 0.109. The molecule has 2 heterocycles. The molecule has 0 saturated heterocycles. The largest absolute Gasteiger partial charge is 0.371 e. The molecule has 0 radical (unpaired) electrons. The smallest absolute Gasteiger partial charge is 0.199 e. The van der Waals surface area contributed by atoms with E-state index in [2.05, 4.69) is 16.5 Å². The quantitative estimate of drug-likeness (QED) is 0.591. The molecule has 0 spiro atoms. The SMILES string of the molecule is C=CC(O)(c1nc2ccccc2n1C)c1nc2ccccc2n1C. The third-order valence-corrected chi connectivity index (χ3v) is 4.55. The summed E-state index contributed by atoms with van der Waals surface area (Å²) >= 11 is 0. The van der Waals surface area contributed by atoms with Gasteiger partial charge in [0, 0.05) is 14.1 Å². The Hall–Kier alpha value is -2.92. The molecule has 4 aromatic rings. The molecule has 2 aromatic heterocycles. The molecule has 1 N–H and O–H groups in total. The fourth-order valence-electron chi connectivity index (χ4n) is 3.26. The number of fused-ring (bicyclic) bond motifs is 2. The van der Waals surface area contributed by atoms with E-state index in [1.165, 1.54) is 6.08 Å². The second-order valence-electron chi connectivity index (χ2n) is 5.94. The van der Waals surface area contributed by atoms with Crippen molar-refractivity contribution in [3.05, 3.63) is 72.8 Å². The van der Waals surface area contributed by atoms with Crippen LogP contribution in [0.25, 0.3) is 22.1 Å². The number of aromatic nitrogens is 4. The lowest BCUT2D eigenvalue weighted by atomic mass is 10.0. The molecule has 0 aliphatic rings. The Bertz CT molecular complexity index is 994. The number of rotatable bonds is 3. The van der Waals surface area contributed by atoms with Gasteiger partial charge in [0.15, 0.2) is 17.2 Å². The van der Waals surface area contributed by atoms with E-state index in [-0.39, 0.29) is 0 Å². The maximum absolute atomic E-state index is 11.4. The molecule has 0 aliphatic heterocycles. The Morgan fingerprint density at radius 1 is 0.875 bits per heavy atom. The van der Waals surface area contributed by atoms with E-state index in [1.54, 1.807) is 0 Å². The van der Waals surface area contributed by atoms with Crippen LogP contribution in [0.4, 0.5) is 0 Å². The maximum atomic E-state index is 11.4. The fourth-order valence-corrected chi connectivity index (χ4v) is 3.26. The second kappa shape index (κ2) is 5.04. The first-order valence-electron chi connectivity index (χ1n) is 7.76. The molecule has 0 fully saturated rings. The molecule has 0 unspecified atom stereocenters. The summed E-state index contributed by atoms with van der Waals surface area (Å²) in [5, 5.41) is 11.4. The van der Waals surface area contributed by atoms with Crippen molar-refractivity contribution < 1.29 is 5.11 Å². The summed E-state index contributed by atoms with van der Waals surface area (Å²) in [4.78, 5) is 9.26. The van der Waals surface area contributed by atoms with Crippen LogP contribution in [0.1, 0.15) is 11.6 Å². The van der Waals surface area contributed by atoms with E-state index in [1.807, 2.05) is 71.8 Å². The molecule has 4 rings (SSSR count).